The quantitative estimate of drug-likeness (QED) is 0.700. The summed E-state index contributed by atoms with van der Waals surface area (Å²) in [6, 6.07) is 11.2. The van der Waals surface area contributed by atoms with Gasteiger partial charge in [0.25, 0.3) is 5.91 Å². The Morgan fingerprint density at radius 2 is 2.07 bits per heavy atom. The summed E-state index contributed by atoms with van der Waals surface area (Å²) in [6.45, 7) is 2.56. The van der Waals surface area contributed by atoms with Gasteiger partial charge < -0.3 is 19.8 Å². The van der Waals surface area contributed by atoms with Gasteiger partial charge in [0.1, 0.15) is 5.82 Å². The maximum absolute atomic E-state index is 12.3. The molecule has 7 heteroatoms. The number of hydrogen-bond donors (Lipinski definition) is 2. The Hall–Kier alpha value is -2.93. The number of ether oxygens (including phenoxy) is 2. The summed E-state index contributed by atoms with van der Waals surface area (Å²) in [5.41, 5.74) is 2.33. The molecular weight excluding hydrogens is 344 g/mol. The van der Waals surface area contributed by atoms with E-state index in [-0.39, 0.29) is 5.91 Å². The molecule has 0 radical (unpaired) electrons. The molecule has 2 N–H and O–H groups in total. The van der Waals surface area contributed by atoms with E-state index in [2.05, 4.69) is 20.3 Å². The number of para-hydroxylation sites is 2. The molecule has 0 atom stereocenters. The second-order valence-electron chi connectivity index (χ2n) is 6.64. The van der Waals surface area contributed by atoms with Gasteiger partial charge in [-0.2, -0.15) is 0 Å². The van der Waals surface area contributed by atoms with E-state index in [0.717, 1.165) is 37.1 Å². The molecule has 1 aliphatic rings. The van der Waals surface area contributed by atoms with Crippen molar-refractivity contribution in [1.82, 2.24) is 20.3 Å². The molecule has 7 nitrogen and oxygen atoms in total. The Kier molecular flexibility index (Phi) is 5.29. The number of carbonyl (C=O) groups excluding carboxylic acids is 1. The molecule has 1 fully saturated rings. The lowest BCUT2D eigenvalue weighted by Crippen LogP contribution is -2.23. The van der Waals surface area contributed by atoms with Crippen LogP contribution < -0.4 is 10.1 Å². The molecule has 27 heavy (non-hydrogen) atoms. The van der Waals surface area contributed by atoms with Gasteiger partial charge in [0.15, 0.2) is 0 Å². The van der Waals surface area contributed by atoms with Crippen molar-refractivity contribution in [2.45, 2.75) is 19.4 Å². The number of rotatable bonds is 6. The van der Waals surface area contributed by atoms with Gasteiger partial charge in [-0.1, -0.05) is 12.1 Å². The highest BCUT2D eigenvalue weighted by atomic mass is 16.5. The van der Waals surface area contributed by atoms with Crippen LogP contribution in [0.25, 0.3) is 11.0 Å². The Labute approximate surface area is 157 Å². The van der Waals surface area contributed by atoms with E-state index in [0.29, 0.717) is 36.3 Å². The molecule has 3 aromatic rings. The molecule has 4 rings (SSSR count). The summed E-state index contributed by atoms with van der Waals surface area (Å²) in [5.74, 6) is 1.57. The number of hydrogen-bond acceptors (Lipinski definition) is 5. The number of aromatic nitrogens is 3. The zero-order chi connectivity index (χ0) is 18.5. The Balaban J connectivity index is 1.29. The number of amides is 1. The second-order valence-corrected chi connectivity index (χ2v) is 6.64. The third kappa shape index (κ3) is 4.43. The number of benzene rings is 1. The van der Waals surface area contributed by atoms with E-state index in [1.165, 1.54) is 6.20 Å². The van der Waals surface area contributed by atoms with Crippen LogP contribution in [0.15, 0.2) is 42.6 Å². The fraction of sp³-hybridized carbons (Fsp3) is 0.350. The number of H-pyrrole nitrogens is 1. The first-order valence-electron chi connectivity index (χ1n) is 9.16. The van der Waals surface area contributed by atoms with Crippen LogP contribution in [-0.2, 0) is 11.3 Å². The third-order valence-corrected chi connectivity index (χ3v) is 4.66. The maximum atomic E-state index is 12.3. The van der Waals surface area contributed by atoms with E-state index in [1.807, 2.05) is 24.3 Å². The van der Waals surface area contributed by atoms with Crippen molar-refractivity contribution in [3.05, 3.63) is 54.0 Å². The van der Waals surface area contributed by atoms with Gasteiger partial charge in [0.2, 0.25) is 5.88 Å². The van der Waals surface area contributed by atoms with E-state index in [9.17, 15) is 4.79 Å². The van der Waals surface area contributed by atoms with Crippen LogP contribution >= 0.6 is 0 Å². The first kappa shape index (κ1) is 17.5. The fourth-order valence-corrected chi connectivity index (χ4v) is 3.07. The monoisotopic (exact) mass is 366 g/mol. The molecule has 3 heterocycles. The highest BCUT2D eigenvalue weighted by Crippen LogP contribution is 2.17. The molecule has 0 spiro atoms. The number of carbonyl (C=O) groups is 1. The SMILES string of the molecule is O=C(NCc1nc2ccccc2[nH]1)c1ccc(OCC2CCOCC2)nc1. The lowest BCUT2D eigenvalue weighted by atomic mass is 10.0. The Morgan fingerprint density at radius 3 is 2.85 bits per heavy atom. The maximum Gasteiger partial charge on any atom is 0.253 e. The molecule has 0 bridgehead atoms. The Bertz CT molecular complexity index is 868. The van der Waals surface area contributed by atoms with Gasteiger partial charge in [-0.3, -0.25) is 4.79 Å². The topological polar surface area (TPSA) is 89.1 Å². The van der Waals surface area contributed by atoms with Crippen molar-refractivity contribution >= 4 is 16.9 Å². The molecule has 140 valence electrons. The number of fused-ring (bicyclic) bond motifs is 1. The lowest BCUT2D eigenvalue weighted by molar-refractivity contribution is 0.0490. The summed E-state index contributed by atoms with van der Waals surface area (Å²) in [4.78, 5) is 24.2. The minimum Gasteiger partial charge on any atom is -0.477 e. The minimum atomic E-state index is -0.195. The number of imidazole rings is 1. The third-order valence-electron chi connectivity index (χ3n) is 4.66. The second kappa shape index (κ2) is 8.18. The molecule has 1 saturated heterocycles. The van der Waals surface area contributed by atoms with Gasteiger partial charge >= 0.3 is 0 Å². The number of nitrogens with one attached hydrogen (secondary N) is 2. The van der Waals surface area contributed by atoms with Crippen LogP contribution in [0.1, 0.15) is 29.0 Å². The average Bonchev–Trinajstić information content (AvgIpc) is 3.15. The van der Waals surface area contributed by atoms with Crippen molar-refractivity contribution in [3.8, 4) is 5.88 Å². The van der Waals surface area contributed by atoms with Crippen molar-refractivity contribution in [2.24, 2.45) is 5.92 Å². The number of aromatic amines is 1. The van der Waals surface area contributed by atoms with E-state index in [4.69, 9.17) is 9.47 Å². The molecule has 0 unspecified atom stereocenters. The van der Waals surface area contributed by atoms with Gasteiger partial charge in [-0.15, -0.1) is 0 Å². The summed E-state index contributed by atoms with van der Waals surface area (Å²) in [5, 5.41) is 2.85. The standard InChI is InChI=1S/C20H22N4O3/c25-20(22-12-18-23-16-3-1-2-4-17(16)24-18)15-5-6-19(21-11-15)27-13-14-7-9-26-10-8-14/h1-6,11,14H,7-10,12-13H2,(H,22,25)(H,23,24). The highest BCUT2D eigenvalue weighted by molar-refractivity contribution is 5.93. The zero-order valence-corrected chi connectivity index (χ0v) is 15.0. The summed E-state index contributed by atoms with van der Waals surface area (Å²) >= 11 is 0. The normalized spacial score (nSPS) is 15.0. The largest absolute Gasteiger partial charge is 0.477 e. The zero-order valence-electron chi connectivity index (χ0n) is 15.0. The first-order valence-corrected chi connectivity index (χ1v) is 9.16. The predicted octanol–water partition coefficient (Wildman–Crippen LogP) is 2.69. The van der Waals surface area contributed by atoms with Crippen molar-refractivity contribution < 1.29 is 14.3 Å². The average molecular weight is 366 g/mol. The van der Waals surface area contributed by atoms with Gasteiger partial charge in [-0.25, -0.2) is 9.97 Å². The number of nitrogens with zero attached hydrogens (tertiary/aromatic N) is 2. The van der Waals surface area contributed by atoms with E-state index < -0.39 is 0 Å². The van der Waals surface area contributed by atoms with Crippen LogP contribution in [0.5, 0.6) is 5.88 Å². The molecule has 0 saturated carbocycles. The lowest BCUT2D eigenvalue weighted by Gasteiger charge is -2.21. The van der Waals surface area contributed by atoms with Crippen molar-refractivity contribution in [2.75, 3.05) is 19.8 Å². The molecule has 0 aliphatic carbocycles. The fourth-order valence-electron chi connectivity index (χ4n) is 3.07. The molecule has 1 aliphatic heterocycles. The minimum absolute atomic E-state index is 0.195. The highest BCUT2D eigenvalue weighted by Gasteiger charge is 2.15. The molecule has 2 aromatic heterocycles. The molecule has 1 aromatic carbocycles. The number of pyridine rings is 1. The van der Waals surface area contributed by atoms with Crippen LogP contribution in [0, 0.1) is 5.92 Å². The van der Waals surface area contributed by atoms with Gasteiger partial charge in [-0.05, 0) is 37.0 Å². The van der Waals surface area contributed by atoms with Crippen LogP contribution in [0.2, 0.25) is 0 Å². The predicted molar refractivity (Wildman–Crippen MR) is 101 cm³/mol. The molecular formula is C20H22N4O3. The van der Waals surface area contributed by atoms with E-state index in [1.54, 1.807) is 12.1 Å². The van der Waals surface area contributed by atoms with E-state index >= 15 is 0 Å². The van der Waals surface area contributed by atoms with Crippen LogP contribution in [0.4, 0.5) is 0 Å². The van der Waals surface area contributed by atoms with Gasteiger partial charge in [0.05, 0.1) is 29.7 Å². The van der Waals surface area contributed by atoms with Crippen LogP contribution in [0.3, 0.4) is 0 Å². The molecule has 1 amide bonds. The van der Waals surface area contributed by atoms with Crippen LogP contribution in [-0.4, -0.2) is 40.7 Å². The van der Waals surface area contributed by atoms with Gasteiger partial charge in [0, 0.05) is 25.5 Å². The van der Waals surface area contributed by atoms with Crippen molar-refractivity contribution in [1.29, 1.82) is 0 Å². The first-order chi connectivity index (χ1) is 13.3. The summed E-state index contributed by atoms with van der Waals surface area (Å²) in [6.07, 6.45) is 3.57. The summed E-state index contributed by atoms with van der Waals surface area (Å²) < 4.78 is 11.1. The Morgan fingerprint density at radius 1 is 1.22 bits per heavy atom. The smallest absolute Gasteiger partial charge is 0.253 e. The summed E-state index contributed by atoms with van der Waals surface area (Å²) in [7, 11) is 0. The van der Waals surface area contributed by atoms with Crippen molar-refractivity contribution in [3.63, 3.8) is 0 Å².